The molecular formula is C20H21FN2O5. The lowest BCUT2D eigenvalue weighted by Gasteiger charge is -2.11. The number of rotatable bonds is 8. The SMILES string of the molecule is COC(=O)COc1ccc(NC(=O)CNC(=O)Cc2cccc(F)c2)c(C)c1. The molecule has 8 heteroatoms. The van der Waals surface area contributed by atoms with Gasteiger partial charge in [0.1, 0.15) is 11.6 Å². The lowest BCUT2D eigenvalue weighted by molar-refractivity contribution is -0.142. The van der Waals surface area contributed by atoms with E-state index in [-0.39, 0.29) is 25.5 Å². The molecule has 2 amide bonds. The smallest absolute Gasteiger partial charge is 0.343 e. The highest BCUT2D eigenvalue weighted by atomic mass is 19.1. The highest BCUT2D eigenvalue weighted by Crippen LogP contribution is 2.21. The Kier molecular flexibility index (Phi) is 7.50. The van der Waals surface area contributed by atoms with E-state index in [0.717, 1.165) is 5.56 Å². The predicted octanol–water partition coefficient (Wildman–Crippen LogP) is 1.98. The number of aryl methyl sites for hydroxylation is 1. The second kappa shape index (κ2) is 10.1. The van der Waals surface area contributed by atoms with Crippen molar-refractivity contribution in [2.45, 2.75) is 13.3 Å². The summed E-state index contributed by atoms with van der Waals surface area (Å²) in [5, 5.41) is 5.17. The summed E-state index contributed by atoms with van der Waals surface area (Å²) in [5.41, 5.74) is 1.80. The van der Waals surface area contributed by atoms with Gasteiger partial charge in [-0.15, -0.1) is 0 Å². The van der Waals surface area contributed by atoms with Crippen molar-refractivity contribution < 1.29 is 28.2 Å². The van der Waals surface area contributed by atoms with Crippen LogP contribution in [0.5, 0.6) is 5.75 Å². The molecule has 0 aliphatic heterocycles. The van der Waals surface area contributed by atoms with Crippen LogP contribution in [0.2, 0.25) is 0 Å². The Balaban J connectivity index is 1.82. The van der Waals surface area contributed by atoms with Crippen LogP contribution < -0.4 is 15.4 Å². The molecule has 0 radical (unpaired) electrons. The summed E-state index contributed by atoms with van der Waals surface area (Å²) in [6.45, 7) is 1.34. The van der Waals surface area contributed by atoms with Gasteiger partial charge in [0.05, 0.1) is 20.1 Å². The molecule has 28 heavy (non-hydrogen) atoms. The molecule has 0 fully saturated rings. The van der Waals surface area contributed by atoms with Crippen LogP contribution in [0.3, 0.4) is 0 Å². The van der Waals surface area contributed by atoms with Crippen LogP contribution >= 0.6 is 0 Å². The number of carbonyl (C=O) groups excluding carboxylic acids is 3. The molecule has 2 aromatic rings. The number of hydrogen-bond acceptors (Lipinski definition) is 5. The third kappa shape index (κ3) is 6.71. The Morgan fingerprint density at radius 2 is 1.86 bits per heavy atom. The maximum absolute atomic E-state index is 13.1. The average molecular weight is 388 g/mol. The molecule has 7 nitrogen and oxygen atoms in total. The Morgan fingerprint density at radius 3 is 2.54 bits per heavy atom. The fraction of sp³-hybridized carbons (Fsp3) is 0.250. The van der Waals surface area contributed by atoms with Gasteiger partial charge in [-0.05, 0) is 48.4 Å². The van der Waals surface area contributed by atoms with Crippen molar-refractivity contribution >= 4 is 23.5 Å². The summed E-state index contributed by atoms with van der Waals surface area (Å²) < 4.78 is 22.9. The summed E-state index contributed by atoms with van der Waals surface area (Å²) in [7, 11) is 1.27. The molecule has 0 unspecified atom stereocenters. The number of carbonyl (C=O) groups is 3. The molecule has 2 N–H and O–H groups in total. The van der Waals surface area contributed by atoms with Gasteiger partial charge < -0.3 is 20.1 Å². The van der Waals surface area contributed by atoms with E-state index in [1.165, 1.54) is 25.3 Å². The van der Waals surface area contributed by atoms with Crippen LogP contribution in [0.25, 0.3) is 0 Å². The zero-order valence-electron chi connectivity index (χ0n) is 15.6. The molecule has 0 spiro atoms. The third-order valence-corrected chi connectivity index (χ3v) is 3.76. The van der Waals surface area contributed by atoms with E-state index < -0.39 is 17.7 Å². The van der Waals surface area contributed by atoms with Gasteiger partial charge in [-0.25, -0.2) is 9.18 Å². The maximum Gasteiger partial charge on any atom is 0.343 e. The van der Waals surface area contributed by atoms with Crippen LogP contribution in [0.15, 0.2) is 42.5 Å². The second-order valence-electron chi connectivity index (χ2n) is 5.97. The van der Waals surface area contributed by atoms with Crippen molar-refractivity contribution in [1.29, 1.82) is 0 Å². The van der Waals surface area contributed by atoms with E-state index in [0.29, 0.717) is 17.0 Å². The highest BCUT2D eigenvalue weighted by Gasteiger charge is 2.10. The predicted molar refractivity (Wildman–Crippen MR) is 100 cm³/mol. The molecule has 148 valence electrons. The van der Waals surface area contributed by atoms with Crippen molar-refractivity contribution in [1.82, 2.24) is 5.32 Å². The van der Waals surface area contributed by atoms with Crippen molar-refractivity contribution in [3.05, 3.63) is 59.4 Å². The number of methoxy groups -OCH3 is 1. The summed E-state index contributed by atoms with van der Waals surface area (Å²) in [5.74, 6) is -1.24. The lowest BCUT2D eigenvalue weighted by atomic mass is 10.1. The van der Waals surface area contributed by atoms with E-state index in [1.807, 2.05) is 0 Å². The first kappa shape index (κ1) is 20.9. The van der Waals surface area contributed by atoms with E-state index in [1.54, 1.807) is 31.2 Å². The quantitative estimate of drug-likeness (QED) is 0.675. The molecule has 0 saturated carbocycles. The van der Waals surface area contributed by atoms with Crippen LogP contribution in [0.1, 0.15) is 11.1 Å². The largest absolute Gasteiger partial charge is 0.482 e. The van der Waals surface area contributed by atoms with Crippen LogP contribution in [0.4, 0.5) is 10.1 Å². The number of amides is 2. The topological polar surface area (TPSA) is 93.7 Å². The molecule has 0 saturated heterocycles. The van der Waals surface area contributed by atoms with E-state index in [2.05, 4.69) is 15.4 Å². The van der Waals surface area contributed by atoms with Crippen LogP contribution in [-0.2, 0) is 25.5 Å². The standard InChI is InChI=1S/C20H21FN2O5/c1-13-8-16(28-12-20(26)27-2)6-7-17(13)23-19(25)11-22-18(24)10-14-4-3-5-15(21)9-14/h3-9H,10-12H2,1-2H3,(H,22,24)(H,23,25). The Bertz CT molecular complexity index is 869. The van der Waals surface area contributed by atoms with Gasteiger partial charge in [-0.1, -0.05) is 12.1 Å². The normalized spacial score (nSPS) is 10.1. The first-order valence-electron chi connectivity index (χ1n) is 8.48. The van der Waals surface area contributed by atoms with Crippen LogP contribution in [0, 0.1) is 12.7 Å². The summed E-state index contributed by atoms with van der Waals surface area (Å²) in [4.78, 5) is 35.0. The van der Waals surface area contributed by atoms with E-state index >= 15 is 0 Å². The Morgan fingerprint density at radius 1 is 1.07 bits per heavy atom. The first-order valence-corrected chi connectivity index (χ1v) is 8.48. The molecule has 0 aromatic heterocycles. The van der Waals surface area contributed by atoms with Gasteiger partial charge >= 0.3 is 5.97 Å². The number of hydrogen-bond donors (Lipinski definition) is 2. The van der Waals surface area contributed by atoms with Crippen molar-refractivity contribution in [2.24, 2.45) is 0 Å². The van der Waals surface area contributed by atoms with Gasteiger partial charge in [0, 0.05) is 5.69 Å². The van der Waals surface area contributed by atoms with Crippen LogP contribution in [-0.4, -0.2) is 38.0 Å². The molecule has 0 aliphatic carbocycles. The highest BCUT2D eigenvalue weighted by molar-refractivity contribution is 5.95. The maximum atomic E-state index is 13.1. The Hall–Kier alpha value is -3.42. The zero-order chi connectivity index (χ0) is 20.5. The number of ether oxygens (including phenoxy) is 2. The van der Waals surface area contributed by atoms with Gasteiger partial charge in [-0.2, -0.15) is 0 Å². The zero-order valence-corrected chi connectivity index (χ0v) is 15.6. The molecule has 0 atom stereocenters. The van der Waals surface area contributed by atoms with Crippen molar-refractivity contribution in [3.63, 3.8) is 0 Å². The molecule has 2 rings (SSSR count). The fourth-order valence-corrected chi connectivity index (χ4v) is 2.34. The number of benzene rings is 2. The minimum atomic E-state index is -0.496. The minimum absolute atomic E-state index is 0.0176. The Labute approximate surface area is 161 Å². The molecule has 0 aliphatic rings. The second-order valence-corrected chi connectivity index (χ2v) is 5.97. The van der Waals surface area contributed by atoms with Crippen molar-refractivity contribution in [3.8, 4) is 5.75 Å². The first-order chi connectivity index (χ1) is 13.4. The van der Waals surface area contributed by atoms with Gasteiger partial charge in [-0.3, -0.25) is 9.59 Å². The molecular weight excluding hydrogens is 367 g/mol. The summed E-state index contributed by atoms with van der Waals surface area (Å²) >= 11 is 0. The van der Waals surface area contributed by atoms with Gasteiger partial charge in [0.25, 0.3) is 0 Å². The number of halogens is 1. The minimum Gasteiger partial charge on any atom is -0.482 e. The summed E-state index contributed by atoms with van der Waals surface area (Å²) in [6.07, 6.45) is -0.0176. The van der Waals surface area contributed by atoms with Crippen molar-refractivity contribution in [2.75, 3.05) is 25.6 Å². The fourth-order valence-electron chi connectivity index (χ4n) is 2.34. The molecule has 0 bridgehead atoms. The number of nitrogens with one attached hydrogen (secondary N) is 2. The van der Waals surface area contributed by atoms with Gasteiger partial charge in [0.2, 0.25) is 11.8 Å². The monoisotopic (exact) mass is 388 g/mol. The summed E-state index contributed by atoms with van der Waals surface area (Å²) in [6, 6.07) is 10.6. The molecule has 0 heterocycles. The lowest BCUT2D eigenvalue weighted by Crippen LogP contribution is -2.33. The molecule has 2 aromatic carbocycles. The third-order valence-electron chi connectivity index (χ3n) is 3.76. The number of esters is 1. The average Bonchev–Trinajstić information content (AvgIpc) is 2.66. The number of anilines is 1. The van der Waals surface area contributed by atoms with E-state index in [9.17, 15) is 18.8 Å². The van der Waals surface area contributed by atoms with Gasteiger partial charge in [0.15, 0.2) is 6.61 Å². The van der Waals surface area contributed by atoms with E-state index in [4.69, 9.17) is 4.74 Å².